The first-order chi connectivity index (χ1) is 16.9. The highest BCUT2D eigenvalue weighted by Gasteiger charge is 2.34. The van der Waals surface area contributed by atoms with Crippen LogP contribution in [0.15, 0.2) is 30.5 Å². The predicted octanol–water partition coefficient (Wildman–Crippen LogP) is 5.25. The second kappa shape index (κ2) is 9.87. The normalized spacial score (nSPS) is 23.9. The molecule has 3 heterocycles. The van der Waals surface area contributed by atoms with E-state index in [1.54, 1.807) is 23.0 Å². The van der Waals surface area contributed by atoms with Crippen LogP contribution in [0, 0.1) is 17.2 Å². The summed E-state index contributed by atoms with van der Waals surface area (Å²) in [7, 11) is 0. The third-order valence-electron chi connectivity index (χ3n) is 7.46. The first kappa shape index (κ1) is 24.2. The lowest BCUT2D eigenvalue weighted by Crippen LogP contribution is -2.45. The molecule has 1 aliphatic carbocycles. The number of likely N-dealkylation sites (tertiary alicyclic amines) is 1. The van der Waals surface area contributed by atoms with E-state index in [-0.39, 0.29) is 24.4 Å². The number of nitriles is 1. The summed E-state index contributed by atoms with van der Waals surface area (Å²) in [5, 5.41) is 25.0. The van der Waals surface area contributed by atoms with Crippen LogP contribution in [0.1, 0.15) is 62.5 Å². The summed E-state index contributed by atoms with van der Waals surface area (Å²) < 4.78 is 1.73. The lowest BCUT2D eigenvalue weighted by atomic mass is 9.84. The number of hydrogen-bond donors (Lipinski definition) is 1. The standard InChI is InChI=1S/C26H28Cl2N6O/c1-15-10-17(5-8-24(15)33-9-3-4-19(33)14-35)23-13-30-25-22(12-29)32-34(26(25)31-23)16(2)20-7-6-18(27)11-21(20)28/h6-7,10-11,13,15-16,19,24,35H,3-5,8-9,14H2,1-2H3/t15-,16-,19+,24+/m1/s1. The summed E-state index contributed by atoms with van der Waals surface area (Å²) in [6.45, 7) is 5.49. The maximum absolute atomic E-state index is 9.77. The summed E-state index contributed by atoms with van der Waals surface area (Å²) in [4.78, 5) is 12.0. The maximum Gasteiger partial charge on any atom is 0.190 e. The molecule has 5 rings (SSSR count). The molecule has 2 aliphatic rings. The second-order valence-electron chi connectivity index (χ2n) is 9.55. The van der Waals surface area contributed by atoms with Crippen LogP contribution in [0.4, 0.5) is 0 Å². The van der Waals surface area contributed by atoms with Crippen LogP contribution in [-0.2, 0) is 0 Å². The smallest absolute Gasteiger partial charge is 0.190 e. The Labute approximate surface area is 215 Å². The average molecular weight is 511 g/mol. The van der Waals surface area contributed by atoms with Gasteiger partial charge in [-0.25, -0.2) is 14.6 Å². The Balaban J connectivity index is 1.50. The van der Waals surface area contributed by atoms with Gasteiger partial charge in [-0.15, -0.1) is 0 Å². The summed E-state index contributed by atoms with van der Waals surface area (Å²) in [5.74, 6) is 0.342. The van der Waals surface area contributed by atoms with Crippen LogP contribution in [0.5, 0.6) is 0 Å². The molecular weight excluding hydrogens is 483 g/mol. The molecule has 0 amide bonds. The number of aliphatic hydroxyl groups excluding tert-OH is 1. The van der Waals surface area contributed by atoms with E-state index in [4.69, 9.17) is 28.2 Å². The number of fused-ring (bicyclic) bond motifs is 1. The molecule has 0 unspecified atom stereocenters. The van der Waals surface area contributed by atoms with E-state index in [9.17, 15) is 10.4 Å². The van der Waals surface area contributed by atoms with Gasteiger partial charge in [0.05, 0.1) is 24.5 Å². The Hall–Kier alpha value is -2.50. The van der Waals surface area contributed by atoms with E-state index in [2.05, 4.69) is 34.1 Å². The first-order valence-corrected chi connectivity index (χ1v) is 12.8. The Bertz CT molecular complexity index is 1330. The van der Waals surface area contributed by atoms with Crippen molar-refractivity contribution >= 4 is 39.9 Å². The van der Waals surface area contributed by atoms with E-state index in [0.29, 0.717) is 33.2 Å². The molecule has 7 nitrogen and oxygen atoms in total. The van der Waals surface area contributed by atoms with Crippen molar-refractivity contribution in [3.8, 4) is 6.07 Å². The van der Waals surface area contributed by atoms with E-state index in [0.717, 1.165) is 49.1 Å². The minimum atomic E-state index is -0.261. The third kappa shape index (κ3) is 4.45. The lowest BCUT2D eigenvalue weighted by molar-refractivity contribution is 0.0950. The van der Waals surface area contributed by atoms with E-state index in [1.807, 2.05) is 13.0 Å². The molecule has 1 saturated heterocycles. The van der Waals surface area contributed by atoms with Gasteiger partial charge in [-0.05, 0) is 68.3 Å². The largest absolute Gasteiger partial charge is 0.395 e. The fourth-order valence-electron chi connectivity index (χ4n) is 5.63. The highest BCUT2D eigenvalue weighted by atomic mass is 35.5. The predicted molar refractivity (Wildman–Crippen MR) is 137 cm³/mol. The van der Waals surface area contributed by atoms with Crippen LogP contribution in [0.2, 0.25) is 10.0 Å². The molecule has 35 heavy (non-hydrogen) atoms. The summed E-state index contributed by atoms with van der Waals surface area (Å²) >= 11 is 12.5. The van der Waals surface area contributed by atoms with Gasteiger partial charge in [-0.1, -0.05) is 42.3 Å². The number of allylic oxidation sites excluding steroid dienone is 1. The van der Waals surface area contributed by atoms with Crippen LogP contribution in [-0.4, -0.2) is 55.0 Å². The number of rotatable bonds is 5. The Morgan fingerprint density at radius 2 is 2.11 bits per heavy atom. The molecule has 3 aromatic rings. The summed E-state index contributed by atoms with van der Waals surface area (Å²) in [6, 6.07) is 7.95. The van der Waals surface area contributed by atoms with Gasteiger partial charge in [0.15, 0.2) is 11.3 Å². The zero-order valence-electron chi connectivity index (χ0n) is 19.8. The van der Waals surface area contributed by atoms with Gasteiger partial charge in [0.2, 0.25) is 0 Å². The molecule has 0 bridgehead atoms. The van der Waals surface area contributed by atoms with Gasteiger partial charge in [0.1, 0.15) is 11.6 Å². The van der Waals surface area contributed by atoms with Crippen molar-refractivity contribution in [3.63, 3.8) is 0 Å². The van der Waals surface area contributed by atoms with Gasteiger partial charge in [0, 0.05) is 22.1 Å². The highest BCUT2D eigenvalue weighted by molar-refractivity contribution is 6.35. The van der Waals surface area contributed by atoms with Crippen LogP contribution >= 0.6 is 23.2 Å². The minimum absolute atomic E-state index is 0.225. The highest BCUT2D eigenvalue weighted by Crippen LogP contribution is 2.36. The van der Waals surface area contributed by atoms with Crippen molar-refractivity contribution in [2.45, 2.75) is 57.7 Å². The third-order valence-corrected chi connectivity index (χ3v) is 8.02. The van der Waals surface area contributed by atoms with Crippen LogP contribution in [0.3, 0.4) is 0 Å². The molecule has 4 atom stereocenters. The van der Waals surface area contributed by atoms with E-state index >= 15 is 0 Å². The number of hydrogen-bond acceptors (Lipinski definition) is 6. The fourth-order valence-corrected chi connectivity index (χ4v) is 6.20. The van der Waals surface area contributed by atoms with Gasteiger partial charge < -0.3 is 5.11 Å². The lowest BCUT2D eigenvalue weighted by Gasteiger charge is -2.38. The molecule has 9 heteroatoms. The molecular formula is C26H28Cl2N6O. The van der Waals surface area contributed by atoms with E-state index in [1.165, 1.54) is 0 Å². The van der Waals surface area contributed by atoms with Crippen molar-refractivity contribution in [2.75, 3.05) is 13.2 Å². The monoisotopic (exact) mass is 510 g/mol. The van der Waals surface area contributed by atoms with Gasteiger partial charge in [-0.3, -0.25) is 4.90 Å². The molecule has 1 N–H and O–H groups in total. The van der Waals surface area contributed by atoms with Crippen molar-refractivity contribution in [1.82, 2.24) is 24.6 Å². The molecule has 1 aromatic carbocycles. The zero-order chi connectivity index (χ0) is 24.7. The van der Waals surface area contributed by atoms with Crippen molar-refractivity contribution < 1.29 is 5.11 Å². The van der Waals surface area contributed by atoms with E-state index < -0.39 is 0 Å². The summed E-state index contributed by atoms with van der Waals surface area (Å²) in [6.07, 6.45) is 8.17. The molecule has 0 saturated carbocycles. The van der Waals surface area contributed by atoms with Crippen molar-refractivity contribution in [1.29, 1.82) is 5.26 Å². The Morgan fingerprint density at radius 1 is 1.29 bits per heavy atom. The first-order valence-electron chi connectivity index (χ1n) is 12.1. The van der Waals surface area contributed by atoms with Crippen LogP contribution in [0.25, 0.3) is 16.7 Å². The fraction of sp³-hybridized carbons (Fsp3) is 0.462. The Kier molecular flexibility index (Phi) is 6.82. The zero-order valence-corrected chi connectivity index (χ0v) is 21.3. The number of benzene rings is 1. The SMILES string of the molecule is C[C@@H]1C=C(c2cnc3c(C#N)nn([C@H](C)c4ccc(Cl)cc4Cl)c3n2)CC[C@@H]1N1CCC[C@H]1CO. The number of aliphatic hydroxyl groups is 1. The number of halogens is 2. The molecule has 1 fully saturated rings. The molecule has 0 radical (unpaired) electrons. The number of nitrogens with zero attached hydrogens (tertiary/aromatic N) is 6. The number of aromatic nitrogens is 4. The molecule has 182 valence electrons. The minimum Gasteiger partial charge on any atom is -0.395 e. The maximum atomic E-state index is 9.77. The molecule has 0 spiro atoms. The molecule has 2 aromatic heterocycles. The van der Waals surface area contributed by atoms with Gasteiger partial charge in [0.25, 0.3) is 0 Å². The summed E-state index contributed by atoms with van der Waals surface area (Å²) in [5.41, 5.74) is 4.10. The molecule has 1 aliphatic heterocycles. The van der Waals surface area contributed by atoms with Gasteiger partial charge in [-0.2, -0.15) is 10.4 Å². The quantitative estimate of drug-likeness (QED) is 0.503. The van der Waals surface area contributed by atoms with Crippen molar-refractivity contribution in [2.24, 2.45) is 5.92 Å². The van der Waals surface area contributed by atoms with Crippen LogP contribution < -0.4 is 0 Å². The Morgan fingerprint density at radius 3 is 2.83 bits per heavy atom. The average Bonchev–Trinajstić information content (AvgIpc) is 3.47. The second-order valence-corrected chi connectivity index (χ2v) is 10.4. The van der Waals surface area contributed by atoms with Crippen molar-refractivity contribution in [3.05, 3.63) is 57.5 Å². The topological polar surface area (TPSA) is 90.9 Å². The van der Waals surface area contributed by atoms with Gasteiger partial charge >= 0.3 is 0 Å².